The molecule has 10 heteroatoms. The van der Waals surface area contributed by atoms with Crippen LogP contribution in [-0.4, -0.2) is 63.2 Å². The maximum absolute atomic E-state index is 13.3. The quantitative estimate of drug-likeness (QED) is 0.434. The number of nitrogens with zero attached hydrogens (tertiary/aromatic N) is 1. The van der Waals surface area contributed by atoms with Gasteiger partial charge in [0.2, 0.25) is 0 Å². The van der Waals surface area contributed by atoms with E-state index in [0.29, 0.717) is 0 Å². The van der Waals surface area contributed by atoms with Crippen LogP contribution in [0.4, 0.5) is 5.69 Å². The number of aromatic carboxylic acids is 4. The number of anilines is 1. The summed E-state index contributed by atoms with van der Waals surface area (Å²) in [4.78, 5) is 62.7. The van der Waals surface area contributed by atoms with Gasteiger partial charge in [-0.1, -0.05) is 30.3 Å². The number of benzene rings is 2. The summed E-state index contributed by atoms with van der Waals surface area (Å²) in [5, 5.41) is 38.9. The molecule has 0 heterocycles. The molecule has 2 rings (SSSR count). The zero-order chi connectivity index (χ0) is 23.5. The largest absolute Gasteiger partial charge is 0.478 e. The van der Waals surface area contributed by atoms with Gasteiger partial charge in [0, 0.05) is 18.7 Å². The Bertz CT molecular complexity index is 1090. The van der Waals surface area contributed by atoms with Crippen LogP contribution in [0.1, 0.15) is 71.2 Å². The first-order valence-electron chi connectivity index (χ1n) is 9.10. The molecule has 162 valence electrons. The number of rotatable bonds is 9. The highest BCUT2D eigenvalue weighted by atomic mass is 16.4. The Morgan fingerprint density at radius 3 is 1.42 bits per heavy atom. The van der Waals surface area contributed by atoms with Gasteiger partial charge in [-0.05, 0) is 13.8 Å². The Hall–Kier alpha value is -4.21. The SMILES string of the molecule is CCN(CC)c1c(C(=O)O)c(C(=O)O)c(C(=O)O)c(C(=O)O)c1C(=O)c1ccccc1. The van der Waals surface area contributed by atoms with Crippen LogP contribution in [0.3, 0.4) is 0 Å². The van der Waals surface area contributed by atoms with Crippen molar-refractivity contribution >= 4 is 35.3 Å². The normalized spacial score (nSPS) is 10.4. The van der Waals surface area contributed by atoms with Crippen molar-refractivity contribution in [2.45, 2.75) is 13.8 Å². The van der Waals surface area contributed by atoms with E-state index in [1.54, 1.807) is 19.9 Å². The molecule has 4 N–H and O–H groups in total. The summed E-state index contributed by atoms with van der Waals surface area (Å²) < 4.78 is 0. The van der Waals surface area contributed by atoms with Gasteiger partial charge in [-0.15, -0.1) is 0 Å². The highest BCUT2D eigenvalue weighted by molar-refractivity contribution is 6.25. The smallest absolute Gasteiger partial charge is 0.338 e. The van der Waals surface area contributed by atoms with Crippen LogP contribution in [0.15, 0.2) is 30.3 Å². The Morgan fingerprint density at radius 2 is 1.03 bits per heavy atom. The van der Waals surface area contributed by atoms with Crippen molar-refractivity contribution in [2.75, 3.05) is 18.0 Å². The second kappa shape index (κ2) is 9.08. The molecule has 31 heavy (non-hydrogen) atoms. The lowest BCUT2D eigenvalue weighted by atomic mass is 9.85. The number of carbonyl (C=O) groups excluding carboxylic acids is 1. The zero-order valence-electron chi connectivity index (χ0n) is 16.6. The second-order valence-electron chi connectivity index (χ2n) is 6.31. The number of carboxylic acids is 4. The molecule has 0 fully saturated rings. The summed E-state index contributed by atoms with van der Waals surface area (Å²) in [6.07, 6.45) is 0. The molecule has 2 aromatic rings. The fourth-order valence-corrected chi connectivity index (χ4v) is 3.40. The van der Waals surface area contributed by atoms with Gasteiger partial charge in [0.1, 0.15) is 0 Å². The molecule has 0 bridgehead atoms. The lowest BCUT2D eigenvalue weighted by Crippen LogP contribution is -2.32. The van der Waals surface area contributed by atoms with Crippen LogP contribution < -0.4 is 4.90 Å². The van der Waals surface area contributed by atoms with E-state index < -0.39 is 63.2 Å². The average molecular weight is 429 g/mol. The highest BCUT2D eigenvalue weighted by Crippen LogP contribution is 2.37. The van der Waals surface area contributed by atoms with Gasteiger partial charge < -0.3 is 25.3 Å². The summed E-state index contributed by atoms with van der Waals surface area (Å²) in [6.45, 7) is 3.38. The second-order valence-corrected chi connectivity index (χ2v) is 6.31. The predicted molar refractivity (Wildman–Crippen MR) is 108 cm³/mol. The molecule has 0 atom stereocenters. The average Bonchev–Trinajstić information content (AvgIpc) is 2.72. The molecule has 0 aliphatic carbocycles. The Labute approximate surface area is 176 Å². The molecule has 0 saturated carbocycles. The van der Waals surface area contributed by atoms with E-state index in [1.807, 2.05) is 0 Å². The Balaban J connectivity index is 3.27. The van der Waals surface area contributed by atoms with Gasteiger partial charge in [-0.3, -0.25) is 4.79 Å². The third-order valence-corrected chi connectivity index (χ3v) is 4.67. The van der Waals surface area contributed by atoms with Gasteiger partial charge in [-0.2, -0.15) is 0 Å². The molecular weight excluding hydrogens is 410 g/mol. The molecule has 0 aliphatic heterocycles. The molecule has 0 radical (unpaired) electrons. The first kappa shape index (κ1) is 23.1. The topological polar surface area (TPSA) is 170 Å². The molecule has 0 amide bonds. The molecule has 0 spiro atoms. The molecule has 0 saturated heterocycles. The zero-order valence-corrected chi connectivity index (χ0v) is 16.6. The minimum absolute atomic E-state index is 0.0193. The van der Waals surface area contributed by atoms with Crippen molar-refractivity contribution in [3.05, 3.63) is 63.7 Å². The van der Waals surface area contributed by atoms with Crippen molar-refractivity contribution < 1.29 is 44.4 Å². The number of hydrogen-bond acceptors (Lipinski definition) is 6. The van der Waals surface area contributed by atoms with Crippen LogP contribution in [-0.2, 0) is 0 Å². The number of hydrogen-bond donors (Lipinski definition) is 4. The van der Waals surface area contributed by atoms with Crippen molar-refractivity contribution in [1.29, 1.82) is 0 Å². The third-order valence-electron chi connectivity index (χ3n) is 4.67. The minimum Gasteiger partial charge on any atom is -0.478 e. The van der Waals surface area contributed by atoms with E-state index in [9.17, 15) is 44.4 Å². The van der Waals surface area contributed by atoms with Gasteiger partial charge in [0.05, 0.1) is 33.5 Å². The first-order chi connectivity index (χ1) is 14.6. The number of ketones is 1. The van der Waals surface area contributed by atoms with Crippen molar-refractivity contribution in [1.82, 2.24) is 0 Å². The van der Waals surface area contributed by atoms with Gasteiger partial charge in [-0.25, -0.2) is 19.2 Å². The van der Waals surface area contributed by atoms with Crippen LogP contribution in [0, 0.1) is 0 Å². The fraction of sp³-hybridized carbons (Fsp3) is 0.190. The molecule has 10 nitrogen and oxygen atoms in total. The lowest BCUT2D eigenvalue weighted by Gasteiger charge is -2.28. The summed E-state index contributed by atoms with van der Waals surface area (Å²) in [5.74, 6) is -8.54. The highest BCUT2D eigenvalue weighted by Gasteiger charge is 2.39. The molecule has 0 aromatic heterocycles. The van der Waals surface area contributed by atoms with Crippen molar-refractivity contribution in [3.8, 4) is 0 Å². The predicted octanol–water partition coefficient (Wildman–Crippen LogP) is 2.56. The molecule has 0 unspecified atom stereocenters. The Kier molecular flexibility index (Phi) is 6.75. The molecule has 0 aliphatic rings. The summed E-state index contributed by atoms with van der Waals surface area (Å²) in [5.41, 5.74) is -5.68. The maximum atomic E-state index is 13.3. The van der Waals surface area contributed by atoms with Crippen LogP contribution >= 0.6 is 0 Å². The van der Waals surface area contributed by atoms with E-state index in [1.165, 1.54) is 29.2 Å². The van der Waals surface area contributed by atoms with Gasteiger partial charge in [0.15, 0.2) is 5.78 Å². The van der Waals surface area contributed by atoms with E-state index in [2.05, 4.69) is 0 Å². The van der Waals surface area contributed by atoms with Crippen LogP contribution in [0.2, 0.25) is 0 Å². The van der Waals surface area contributed by atoms with E-state index in [4.69, 9.17) is 0 Å². The van der Waals surface area contributed by atoms with Gasteiger partial charge >= 0.3 is 23.9 Å². The maximum Gasteiger partial charge on any atom is 0.338 e. The number of carbonyl (C=O) groups is 5. The minimum atomic E-state index is -1.98. The summed E-state index contributed by atoms with van der Waals surface area (Å²) >= 11 is 0. The van der Waals surface area contributed by atoms with Gasteiger partial charge in [0.25, 0.3) is 0 Å². The standard InChI is InChI=1S/C21H19NO9/c1-3-22(4-2)16-14(17(23)10-8-6-5-7-9-10)12(19(26)27)11(18(24)25)13(20(28)29)15(16)21(30)31/h5-9H,3-4H2,1-2H3,(H,24,25)(H,26,27)(H,28,29)(H,30,31). The summed E-state index contributed by atoms with van der Waals surface area (Å²) in [7, 11) is 0. The number of carboxylic acid groups (broad SMARTS) is 4. The lowest BCUT2D eigenvalue weighted by molar-refractivity contribution is 0.0618. The van der Waals surface area contributed by atoms with E-state index >= 15 is 0 Å². The Morgan fingerprint density at radius 1 is 0.645 bits per heavy atom. The van der Waals surface area contributed by atoms with Crippen LogP contribution in [0.25, 0.3) is 0 Å². The van der Waals surface area contributed by atoms with Crippen molar-refractivity contribution in [2.24, 2.45) is 0 Å². The van der Waals surface area contributed by atoms with E-state index in [-0.39, 0.29) is 18.7 Å². The van der Waals surface area contributed by atoms with E-state index in [0.717, 1.165) is 0 Å². The monoisotopic (exact) mass is 429 g/mol. The molecular formula is C21H19NO9. The fourth-order valence-electron chi connectivity index (χ4n) is 3.40. The van der Waals surface area contributed by atoms with Crippen molar-refractivity contribution in [3.63, 3.8) is 0 Å². The molecule has 2 aromatic carbocycles. The van der Waals surface area contributed by atoms with Crippen LogP contribution in [0.5, 0.6) is 0 Å². The third kappa shape index (κ3) is 4.08. The first-order valence-corrected chi connectivity index (χ1v) is 9.10. The summed E-state index contributed by atoms with van der Waals surface area (Å²) in [6, 6.07) is 7.29.